The predicted molar refractivity (Wildman–Crippen MR) is 79.1 cm³/mol. The van der Waals surface area contributed by atoms with Gasteiger partial charge in [0.15, 0.2) is 5.82 Å². The first-order valence-corrected chi connectivity index (χ1v) is 6.43. The van der Waals surface area contributed by atoms with Gasteiger partial charge < -0.3 is 5.73 Å². The molecule has 2 N–H and O–H groups in total. The number of nitrogen functional groups attached to an aromatic ring is 1. The van der Waals surface area contributed by atoms with Gasteiger partial charge in [0.05, 0.1) is 10.5 Å². The largest absolute Gasteiger partial charge is 0.383 e. The first kappa shape index (κ1) is 12.8. The first-order chi connectivity index (χ1) is 9.58. The molecule has 0 radical (unpaired) electrons. The molecule has 5 heteroatoms. The molecule has 3 rings (SSSR count). The van der Waals surface area contributed by atoms with E-state index in [0.29, 0.717) is 22.7 Å². The van der Waals surface area contributed by atoms with E-state index in [1.807, 2.05) is 25.1 Å². The van der Waals surface area contributed by atoms with Gasteiger partial charge in [-0.25, -0.2) is 14.4 Å². The van der Waals surface area contributed by atoms with Gasteiger partial charge in [-0.3, -0.25) is 0 Å². The maximum atomic E-state index is 13.5. The highest BCUT2D eigenvalue weighted by Crippen LogP contribution is 2.30. The minimum absolute atomic E-state index is 0.00102. The Morgan fingerprint density at radius 1 is 1.10 bits per heavy atom. The van der Waals surface area contributed by atoms with Crippen LogP contribution < -0.4 is 5.73 Å². The summed E-state index contributed by atoms with van der Waals surface area (Å²) in [5.41, 5.74) is 8.14. The van der Waals surface area contributed by atoms with Crippen molar-refractivity contribution in [1.29, 1.82) is 0 Å². The fourth-order valence-corrected chi connectivity index (χ4v) is 2.40. The third-order valence-electron chi connectivity index (χ3n) is 3.15. The number of nitrogens with zero attached hydrogens (tertiary/aromatic N) is 2. The summed E-state index contributed by atoms with van der Waals surface area (Å²) in [6.45, 7) is 1.94. The van der Waals surface area contributed by atoms with Gasteiger partial charge in [-0.05, 0) is 30.7 Å². The molecule has 0 unspecified atom stereocenters. The Hall–Kier alpha value is -2.20. The standard InChI is InChI=1S/C15H11ClFN3/c1-8-4-2-7-11-12(8)14(18)20-15(19-11)9-5-3-6-10(17)13(9)16/h2-7H,1H3,(H2,18,19,20). The molecule has 100 valence electrons. The monoisotopic (exact) mass is 287 g/mol. The summed E-state index contributed by atoms with van der Waals surface area (Å²) in [6.07, 6.45) is 0. The molecule has 3 nitrogen and oxygen atoms in total. The topological polar surface area (TPSA) is 51.8 Å². The molecular weight excluding hydrogens is 277 g/mol. The van der Waals surface area contributed by atoms with E-state index >= 15 is 0 Å². The number of aryl methyl sites for hydroxylation is 1. The van der Waals surface area contributed by atoms with Crippen molar-refractivity contribution in [3.05, 3.63) is 52.8 Å². The van der Waals surface area contributed by atoms with Gasteiger partial charge in [-0.1, -0.05) is 29.8 Å². The lowest BCUT2D eigenvalue weighted by atomic mass is 10.1. The maximum absolute atomic E-state index is 13.5. The van der Waals surface area contributed by atoms with Crippen LogP contribution in [0, 0.1) is 12.7 Å². The molecule has 0 atom stereocenters. The number of anilines is 1. The first-order valence-electron chi connectivity index (χ1n) is 6.05. The molecule has 0 aliphatic heterocycles. The lowest BCUT2D eigenvalue weighted by molar-refractivity contribution is 0.628. The van der Waals surface area contributed by atoms with Gasteiger partial charge in [0, 0.05) is 10.9 Å². The van der Waals surface area contributed by atoms with Crippen LogP contribution in [0.15, 0.2) is 36.4 Å². The average molecular weight is 288 g/mol. The van der Waals surface area contributed by atoms with Gasteiger partial charge in [0.2, 0.25) is 0 Å². The Labute approximate surface area is 120 Å². The molecule has 0 saturated carbocycles. The highest BCUT2D eigenvalue weighted by molar-refractivity contribution is 6.33. The minimum atomic E-state index is -0.504. The molecule has 0 bridgehead atoms. The van der Waals surface area contributed by atoms with Gasteiger partial charge in [0.1, 0.15) is 11.6 Å². The Kier molecular flexibility index (Phi) is 3.03. The van der Waals surface area contributed by atoms with Crippen LogP contribution in [0.3, 0.4) is 0 Å². The Morgan fingerprint density at radius 3 is 2.65 bits per heavy atom. The smallest absolute Gasteiger partial charge is 0.163 e. The number of benzene rings is 2. The molecule has 0 spiro atoms. The fraction of sp³-hybridized carbons (Fsp3) is 0.0667. The molecule has 0 fully saturated rings. The summed E-state index contributed by atoms with van der Waals surface area (Å²) < 4.78 is 13.5. The highest BCUT2D eigenvalue weighted by Gasteiger charge is 2.13. The van der Waals surface area contributed by atoms with Gasteiger partial charge in [-0.2, -0.15) is 0 Å². The zero-order chi connectivity index (χ0) is 14.3. The summed E-state index contributed by atoms with van der Waals surface area (Å²) in [4.78, 5) is 8.68. The summed E-state index contributed by atoms with van der Waals surface area (Å²) in [5, 5.41) is 0.808. The van der Waals surface area contributed by atoms with E-state index in [2.05, 4.69) is 9.97 Å². The second kappa shape index (κ2) is 4.72. The number of rotatable bonds is 1. The van der Waals surface area contributed by atoms with E-state index < -0.39 is 5.82 Å². The lowest BCUT2D eigenvalue weighted by Gasteiger charge is -2.09. The van der Waals surface area contributed by atoms with E-state index in [0.717, 1.165) is 10.9 Å². The number of fused-ring (bicyclic) bond motifs is 1. The second-order valence-corrected chi connectivity index (χ2v) is 4.88. The minimum Gasteiger partial charge on any atom is -0.383 e. The Morgan fingerprint density at radius 2 is 1.85 bits per heavy atom. The van der Waals surface area contributed by atoms with E-state index in [1.165, 1.54) is 6.07 Å². The number of hydrogen-bond acceptors (Lipinski definition) is 3. The normalized spacial score (nSPS) is 10.9. The third-order valence-corrected chi connectivity index (χ3v) is 3.54. The Bertz CT molecular complexity index is 818. The van der Waals surface area contributed by atoms with Crippen LogP contribution in [-0.2, 0) is 0 Å². The van der Waals surface area contributed by atoms with Gasteiger partial charge in [0.25, 0.3) is 0 Å². The maximum Gasteiger partial charge on any atom is 0.163 e. The lowest BCUT2D eigenvalue weighted by Crippen LogP contribution is -1.99. The van der Waals surface area contributed by atoms with Crippen molar-refractivity contribution in [3.63, 3.8) is 0 Å². The van der Waals surface area contributed by atoms with Gasteiger partial charge in [-0.15, -0.1) is 0 Å². The van der Waals surface area contributed by atoms with Crippen molar-refractivity contribution >= 4 is 28.3 Å². The summed E-state index contributed by atoms with van der Waals surface area (Å²) in [7, 11) is 0. The quantitative estimate of drug-likeness (QED) is 0.736. The SMILES string of the molecule is Cc1cccc2nc(-c3cccc(F)c3Cl)nc(N)c12. The van der Waals surface area contributed by atoms with Crippen LogP contribution in [0.25, 0.3) is 22.3 Å². The van der Waals surface area contributed by atoms with Crippen LogP contribution in [0.1, 0.15) is 5.56 Å². The van der Waals surface area contributed by atoms with Crippen molar-refractivity contribution in [2.45, 2.75) is 6.92 Å². The van der Waals surface area contributed by atoms with Crippen LogP contribution >= 0.6 is 11.6 Å². The fourth-order valence-electron chi connectivity index (χ4n) is 2.18. The predicted octanol–water partition coefficient (Wildman–Crippen LogP) is 3.98. The van der Waals surface area contributed by atoms with Gasteiger partial charge >= 0.3 is 0 Å². The van der Waals surface area contributed by atoms with Crippen LogP contribution in [0.2, 0.25) is 5.02 Å². The molecule has 0 saturated heterocycles. The van der Waals surface area contributed by atoms with Crippen molar-refractivity contribution in [2.75, 3.05) is 5.73 Å². The Balaban J connectivity index is 2.31. The van der Waals surface area contributed by atoms with Crippen LogP contribution in [0.4, 0.5) is 10.2 Å². The molecule has 0 aliphatic carbocycles. The molecule has 0 amide bonds. The molecule has 0 aliphatic rings. The van der Waals surface area contributed by atoms with Crippen molar-refractivity contribution in [1.82, 2.24) is 9.97 Å². The molecule has 1 heterocycles. The molecule has 20 heavy (non-hydrogen) atoms. The van der Waals surface area contributed by atoms with E-state index in [9.17, 15) is 4.39 Å². The summed E-state index contributed by atoms with van der Waals surface area (Å²) in [6, 6.07) is 10.2. The van der Waals surface area contributed by atoms with E-state index in [1.54, 1.807) is 12.1 Å². The van der Waals surface area contributed by atoms with Crippen LogP contribution in [-0.4, -0.2) is 9.97 Å². The molecule has 3 aromatic rings. The van der Waals surface area contributed by atoms with Crippen LogP contribution in [0.5, 0.6) is 0 Å². The molecule has 1 aromatic heterocycles. The zero-order valence-electron chi connectivity index (χ0n) is 10.7. The summed E-state index contributed by atoms with van der Waals surface area (Å²) in [5.74, 6) is 0.184. The third kappa shape index (κ3) is 1.98. The van der Waals surface area contributed by atoms with E-state index in [-0.39, 0.29) is 5.02 Å². The van der Waals surface area contributed by atoms with E-state index in [4.69, 9.17) is 17.3 Å². The number of aromatic nitrogens is 2. The van der Waals surface area contributed by atoms with Crippen molar-refractivity contribution in [3.8, 4) is 11.4 Å². The average Bonchev–Trinajstić information content (AvgIpc) is 2.41. The molecule has 2 aromatic carbocycles. The number of nitrogens with two attached hydrogens (primary N) is 1. The zero-order valence-corrected chi connectivity index (χ0v) is 11.4. The molecular formula is C15H11ClFN3. The van der Waals surface area contributed by atoms with Crippen molar-refractivity contribution in [2.24, 2.45) is 0 Å². The van der Waals surface area contributed by atoms with Crippen molar-refractivity contribution < 1.29 is 4.39 Å². The number of hydrogen-bond donors (Lipinski definition) is 1. The summed E-state index contributed by atoms with van der Waals surface area (Å²) >= 11 is 5.97. The number of halogens is 2. The highest BCUT2D eigenvalue weighted by atomic mass is 35.5. The second-order valence-electron chi connectivity index (χ2n) is 4.50.